The normalized spacial score (nSPS) is 16.5. The molecule has 1 saturated heterocycles. The first kappa shape index (κ1) is 16.2. The van der Waals surface area contributed by atoms with E-state index in [0.717, 1.165) is 39.0 Å². The monoisotopic (exact) mass is 289 g/mol. The van der Waals surface area contributed by atoms with E-state index in [0.29, 0.717) is 18.8 Å². The van der Waals surface area contributed by atoms with Crippen molar-refractivity contribution in [2.24, 2.45) is 0 Å². The average Bonchev–Trinajstić information content (AvgIpc) is 2.39. The molecule has 0 radical (unpaired) electrons. The number of amides is 2. The molecule has 0 aromatic heterocycles. The van der Waals surface area contributed by atoms with Crippen LogP contribution in [0.15, 0.2) is 0 Å². The number of hydrogen-bond donors (Lipinski definition) is 0. The fourth-order valence-corrected chi connectivity index (χ4v) is 2.21. The van der Waals surface area contributed by atoms with Gasteiger partial charge in [0, 0.05) is 52.6 Å². The van der Waals surface area contributed by atoms with Crippen LogP contribution in [0.25, 0.3) is 0 Å². The number of hydrogen-bond acceptors (Lipinski definition) is 3. The molecule has 0 unspecified atom stereocenters. The van der Waals surface area contributed by atoms with E-state index in [4.69, 9.17) is 11.6 Å². The first-order valence-electron chi connectivity index (χ1n) is 6.81. The molecule has 1 heterocycles. The minimum atomic E-state index is 0.113. The summed E-state index contributed by atoms with van der Waals surface area (Å²) >= 11 is 5.60. The predicted molar refractivity (Wildman–Crippen MR) is 76.3 cm³/mol. The molecule has 1 aliphatic rings. The Morgan fingerprint density at radius 1 is 1.11 bits per heavy atom. The second-order valence-corrected chi connectivity index (χ2v) is 5.47. The Balaban J connectivity index is 2.24. The lowest BCUT2D eigenvalue weighted by Crippen LogP contribution is -2.51. The molecule has 19 heavy (non-hydrogen) atoms. The third kappa shape index (κ3) is 5.78. The lowest BCUT2D eigenvalue weighted by molar-refractivity contribution is -0.134. The highest BCUT2D eigenvalue weighted by atomic mass is 35.5. The number of carbonyl (C=O) groups is 2. The number of nitrogens with zero attached hydrogens (tertiary/aromatic N) is 3. The van der Waals surface area contributed by atoms with Crippen molar-refractivity contribution in [1.29, 1.82) is 0 Å². The molecule has 1 rings (SSSR count). The molecule has 0 saturated carbocycles. The Kier molecular flexibility index (Phi) is 7.16. The van der Waals surface area contributed by atoms with Crippen LogP contribution in [0.3, 0.4) is 0 Å². The molecule has 0 spiro atoms. The minimum absolute atomic E-state index is 0.113. The summed E-state index contributed by atoms with van der Waals surface area (Å²) < 4.78 is 0. The standard InChI is InChI=1S/C13H24ClN3O2/c1-15(2)13(19)11-16-7-9-17(10-8-16)12(18)5-3-4-6-14/h3-11H2,1-2H3. The van der Waals surface area contributed by atoms with E-state index >= 15 is 0 Å². The van der Waals surface area contributed by atoms with E-state index in [1.165, 1.54) is 0 Å². The van der Waals surface area contributed by atoms with Crippen LogP contribution in [0.2, 0.25) is 0 Å². The Morgan fingerprint density at radius 3 is 2.26 bits per heavy atom. The summed E-state index contributed by atoms with van der Waals surface area (Å²) in [6.45, 7) is 3.45. The van der Waals surface area contributed by atoms with E-state index < -0.39 is 0 Å². The molecule has 110 valence electrons. The molecule has 5 nitrogen and oxygen atoms in total. The van der Waals surface area contributed by atoms with Crippen LogP contribution in [0.1, 0.15) is 19.3 Å². The zero-order valence-electron chi connectivity index (χ0n) is 11.9. The fraction of sp³-hybridized carbons (Fsp3) is 0.846. The summed E-state index contributed by atoms with van der Waals surface area (Å²) in [4.78, 5) is 29.1. The van der Waals surface area contributed by atoms with Gasteiger partial charge in [-0.05, 0) is 12.8 Å². The van der Waals surface area contributed by atoms with Gasteiger partial charge in [0.05, 0.1) is 6.54 Å². The zero-order chi connectivity index (χ0) is 14.3. The van der Waals surface area contributed by atoms with Crippen LogP contribution in [0.5, 0.6) is 0 Å². The van der Waals surface area contributed by atoms with E-state index in [1.807, 2.05) is 4.90 Å². The van der Waals surface area contributed by atoms with Crippen LogP contribution in [-0.2, 0) is 9.59 Å². The van der Waals surface area contributed by atoms with Crippen molar-refractivity contribution in [1.82, 2.24) is 14.7 Å². The molecular weight excluding hydrogens is 266 g/mol. The van der Waals surface area contributed by atoms with Gasteiger partial charge in [-0.15, -0.1) is 11.6 Å². The van der Waals surface area contributed by atoms with Crippen LogP contribution >= 0.6 is 11.6 Å². The van der Waals surface area contributed by atoms with Crippen molar-refractivity contribution in [2.75, 3.05) is 52.7 Å². The number of carbonyl (C=O) groups excluding carboxylic acids is 2. The molecule has 0 aromatic rings. The Hall–Kier alpha value is -0.810. The van der Waals surface area contributed by atoms with Gasteiger partial charge in [-0.2, -0.15) is 0 Å². The molecule has 2 amide bonds. The summed E-state index contributed by atoms with van der Waals surface area (Å²) in [5.41, 5.74) is 0. The van der Waals surface area contributed by atoms with Gasteiger partial charge in [-0.25, -0.2) is 0 Å². The van der Waals surface area contributed by atoms with Crippen LogP contribution in [-0.4, -0.2) is 79.2 Å². The van der Waals surface area contributed by atoms with Crippen molar-refractivity contribution in [3.8, 4) is 0 Å². The lowest BCUT2D eigenvalue weighted by Gasteiger charge is -2.34. The third-order valence-corrected chi connectivity index (χ3v) is 3.62. The Morgan fingerprint density at radius 2 is 1.74 bits per heavy atom. The maximum atomic E-state index is 11.9. The smallest absolute Gasteiger partial charge is 0.236 e. The molecule has 0 aliphatic carbocycles. The van der Waals surface area contributed by atoms with Crippen molar-refractivity contribution >= 4 is 23.4 Å². The summed E-state index contributed by atoms with van der Waals surface area (Å²) in [5, 5.41) is 0. The number of rotatable bonds is 6. The van der Waals surface area contributed by atoms with Crippen molar-refractivity contribution < 1.29 is 9.59 Å². The molecule has 0 N–H and O–H groups in total. The first-order valence-corrected chi connectivity index (χ1v) is 7.34. The van der Waals surface area contributed by atoms with Gasteiger partial charge in [0.25, 0.3) is 0 Å². The third-order valence-electron chi connectivity index (χ3n) is 3.36. The molecule has 1 fully saturated rings. The van der Waals surface area contributed by atoms with Gasteiger partial charge in [0.15, 0.2) is 0 Å². The molecular formula is C13H24ClN3O2. The van der Waals surface area contributed by atoms with Gasteiger partial charge in [0.2, 0.25) is 11.8 Å². The highest BCUT2D eigenvalue weighted by Crippen LogP contribution is 2.07. The zero-order valence-corrected chi connectivity index (χ0v) is 12.7. The number of unbranched alkanes of at least 4 members (excludes halogenated alkanes) is 1. The highest BCUT2D eigenvalue weighted by molar-refractivity contribution is 6.17. The second-order valence-electron chi connectivity index (χ2n) is 5.09. The average molecular weight is 290 g/mol. The van der Waals surface area contributed by atoms with E-state index in [1.54, 1.807) is 19.0 Å². The minimum Gasteiger partial charge on any atom is -0.348 e. The number of halogens is 1. The highest BCUT2D eigenvalue weighted by Gasteiger charge is 2.22. The maximum absolute atomic E-state index is 11.9. The second kappa shape index (κ2) is 8.38. The van der Waals surface area contributed by atoms with Gasteiger partial charge in [-0.1, -0.05) is 0 Å². The van der Waals surface area contributed by atoms with Crippen LogP contribution in [0, 0.1) is 0 Å². The number of piperazine rings is 1. The Bertz CT molecular complexity index is 302. The fourth-order valence-electron chi connectivity index (χ4n) is 2.02. The molecule has 0 aromatic carbocycles. The van der Waals surface area contributed by atoms with Crippen molar-refractivity contribution in [3.63, 3.8) is 0 Å². The molecule has 6 heteroatoms. The van der Waals surface area contributed by atoms with Crippen LogP contribution < -0.4 is 0 Å². The summed E-state index contributed by atoms with van der Waals surface area (Å²) in [5.74, 6) is 0.943. The quantitative estimate of drug-likeness (QED) is 0.532. The van der Waals surface area contributed by atoms with E-state index in [2.05, 4.69) is 4.90 Å². The van der Waals surface area contributed by atoms with E-state index in [-0.39, 0.29) is 11.8 Å². The van der Waals surface area contributed by atoms with Crippen LogP contribution in [0.4, 0.5) is 0 Å². The number of likely N-dealkylation sites (N-methyl/N-ethyl adjacent to an activating group) is 1. The molecule has 1 aliphatic heterocycles. The van der Waals surface area contributed by atoms with Gasteiger partial charge in [0.1, 0.15) is 0 Å². The van der Waals surface area contributed by atoms with Crippen molar-refractivity contribution in [3.05, 3.63) is 0 Å². The Labute approximate surface area is 120 Å². The molecule has 0 bridgehead atoms. The van der Waals surface area contributed by atoms with Gasteiger partial charge < -0.3 is 9.80 Å². The first-order chi connectivity index (χ1) is 9.04. The van der Waals surface area contributed by atoms with Gasteiger partial charge in [-0.3, -0.25) is 14.5 Å². The SMILES string of the molecule is CN(C)C(=O)CN1CCN(C(=O)CCCCCl)CC1. The lowest BCUT2D eigenvalue weighted by atomic mass is 10.2. The topological polar surface area (TPSA) is 43.9 Å². The molecule has 0 atom stereocenters. The van der Waals surface area contributed by atoms with Gasteiger partial charge >= 0.3 is 0 Å². The largest absolute Gasteiger partial charge is 0.348 e. The van der Waals surface area contributed by atoms with Crippen molar-refractivity contribution in [2.45, 2.75) is 19.3 Å². The predicted octanol–water partition coefficient (Wildman–Crippen LogP) is 0.628. The number of alkyl halides is 1. The summed E-state index contributed by atoms with van der Waals surface area (Å²) in [7, 11) is 3.53. The van der Waals surface area contributed by atoms with E-state index in [9.17, 15) is 9.59 Å². The summed E-state index contributed by atoms with van der Waals surface area (Å²) in [6, 6.07) is 0. The maximum Gasteiger partial charge on any atom is 0.236 e. The summed E-state index contributed by atoms with van der Waals surface area (Å²) in [6.07, 6.45) is 2.34.